The molecule has 0 heterocycles. The molecule has 1 aromatic rings. The van der Waals surface area contributed by atoms with Crippen molar-refractivity contribution in [1.82, 2.24) is 5.32 Å². The molecule has 7 heteroatoms. The van der Waals surface area contributed by atoms with E-state index >= 15 is 0 Å². The van der Waals surface area contributed by atoms with Gasteiger partial charge in [0.05, 0.1) is 22.8 Å². The van der Waals surface area contributed by atoms with Crippen LogP contribution in [0.2, 0.25) is 0 Å². The number of carbonyl (C=O) groups excluding carboxylic acids is 1. The first-order valence-corrected chi connectivity index (χ1v) is 6.10. The topological polar surface area (TPSA) is 61.4 Å². The number of benzene rings is 1. The fourth-order valence-corrected chi connectivity index (χ4v) is 1.58. The Morgan fingerprint density at radius 1 is 1.44 bits per heavy atom. The van der Waals surface area contributed by atoms with Crippen LogP contribution >= 0.6 is 15.9 Å². The third-order valence-electron chi connectivity index (χ3n) is 2.31. The van der Waals surface area contributed by atoms with Gasteiger partial charge in [-0.3, -0.25) is 0 Å². The Labute approximate surface area is 112 Å². The van der Waals surface area contributed by atoms with Gasteiger partial charge in [0.15, 0.2) is 0 Å². The Morgan fingerprint density at radius 2 is 2.11 bits per heavy atom. The summed E-state index contributed by atoms with van der Waals surface area (Å²) in [6.07, 6.45) is 0.541. The Morgan fingerprint density at radius 3 is 2.67 bits per heavy atom. The number of aliphatic hydroxyl groups is 1. The van der Waals surface area contributed by atoms with Gasteiger partial charge in [-0.05, 0) is 28.4 Å². The van der Waals surface area contributed by atoms with Crippen LogP contribution in [0.1, 0.15) is 13.3 Å². The van der Waals surface area contributed by atoms with Crippen molar-refractivity contribution < 1.29 is 18.7 Å². The molecule has 18 heavy (non-hydrogen) atoms. The van der Waals surface area contributed by atoms with E-state index in [0.29, 0.717) is 12.5 Å². The molecule has 4 nitrogen and oxygen atoms in total. The minimum absolute atomic E-state index is 0.0494. The molecule has 2 amide bonds. The van der Waals surface area contributed by atoms with Crippen molar-refractivity contribution >= 4 is 27.6 Å². The molecule has 0 unspecified atom stereocenters. The van der Waals surface area contributed by atoms with Crippen molar-refractivity contribution in [3.05, 3.63) is 28.2 Å². The first kappa shape index (κ1) is 14.8. The second kappa shape index (κ2) is 6.65. The lowest BCUT2D eigenvalue weighted by Gasteiger charge is -2.15. The number of carbonyl (C=O) groups is 1. The van der Waals surface area contributed by atoms with Crippen LogP contribution in [0.4, 0.5) is 19.3 Å². The molecular weight excluding hydrogens is 310 g/mol. The Balaban J connectivity index is 2.73. The van der Waals surface area contributed by atoms with Gasteiger partial charge in [0.2, 0.25) is 0 Å². The second-order valence-corrected chi connectivity index (χ2v) is 4.49. The summed E-state index contributed by atoms with van der Waals surface area (Å²) in [5.41, 5.74) is -0.145. The molecule has 0 fully saturated rings. The summed E-state index contributed by atoms with van der Waals surface area (Å²) >= 11 is 2.89. The quantitative estimate of drug-likeness (QED) is 0.746. The molecule has 1 rings (SSSR count). The van der Waals surface area contributed by atoms with Crippen molar-refractivity contribution in [2.75, 3.05) is 11.9 Å². The zero-order valence-corrected chi connectivity index (χ0v) is 11.2. The van der Waals surface area contributed by atoms with Crippen molar-refractivity contribution in [3.8, 4) is 0 Å². The fraction of sp³-hybridized carbons (Fsp3) is 0.364. The lowest BCUT2D eigenvalue weighted by molar-refractivity contribution is 0.222. The average Bonchev–Trinajstić information content (AvgIpc) is 2.33. The van der Waals surface area contributed by atoms with Crippen molar-refractivity contribution in [2.24, 2.45) is 0 Å². The van der Waals surface area contributed by atoms with Crippen LogP contribution in [0, 0.1) is 11.6 Å². The number of amides is 2. The SMILES string of the molecule is CC[C@H](CO)NC(=O)Nc1cc(Br)c(F)cc1F. The van der Waals surface area contributed by atoms with Crippen molar-refractivity contribution in [1.29, 1.82) is 0 Å². The number of rotatable bonds is 4. The van der Waals surface area contributed by atoms with Crippen LogP contribution in [0.25, 0.3) is 0 Å². The smallest absolute Gasteiger partial charge is 0.319 e. The van der Waals surface area contributed by atoms with Crippen molar-refractivity contribution in [2.45, 2.75) is 19.4 Å². The number of hydrogen-bond acceptors (Lipinski definition) is 2. The number of nitrogens with one attached hydrogen (secondary N) is 2. The summed E-state index contributed by atoms with van der Waals surface area (Å²) in [6, 6.07) is 0.734. The number of halogens is 3. The second-order valence-electron chi connectivity index (χ2n) is 3.63. The predicted molar refractivity (Wildman–Crippen MR) is 67.4 cm³/mol. The molecule has 1 aromatic carbocycles. The summed E-state index contributed by atoms with van der Waals surface area (Å²) in [5, 5.41) is 13.6. The number of hydrogen-bond donors (Lipinski definition) is 3. The maximum absolute atomic E-state index is 13.3. The van der Waals surface area contributed by atoms with Gasteiger partial charge >= 0.3 is 6.03 Å². The van der Waals surface area contributed by atoms with Gasteiger partial charge in [0.1, 0.15) is 11.6 Å². The molecular formula is C11H13BrF2N2O2. The van der Waals surface area contributed by atoms with Crippen LogP contribution in [0.3, 0.4) is 0 Å². The standard InChI is InChI=1S/C11H13BrF2N2O2/c1-2-6(5-17)15-11(18)16-10-3-7(12)8(13)4-9(10)14/h3-4,6,17H,2,5H2,1H3,(H2,15,16,18)/t6-/m1/s1. The molecule has 0 saturated carbocycles. The Bertz CT molecular complexity index is 439. The van der Waals surface area contributed by atoms with E-state index in [4.69, 9.17) is 5.11 Å². The molecule has 0 aliphatic rings. The highest BCUT2D eigenvalue weighted by Gasteiger charge is 2.13. The van der Waals surface area contributed by atoms with E-state index in [2.05, 4.69) is 26.6 Å². The first-order chi connectivity index (χ1) is 8.47. The minimum Gasteiger partial charge on any atom is -0.394 e. The van der Waals surface area contributed by atoms with Crippen LogP contribution in [-0.2, 0) is 0 Å². The zero-order chi connectivity index (χ0) is 13.7. The highest BCUT2D eigenvalue weighted by molar-refractivity contribution is 9.10. The van der Waals surface area contributed by atoms with Gasteiger partial charge < -0.3 is 15.7 Å². The maximum atomic E-state index is 13.3. The van der Waals surface area contributed by atoms with E-state index < -0.39 is 23.7 Å². The van der Waals surface area contributed by atoms with E-state index in [9.17, 15) is 13.6 Å². The summed E-state index contributed by atoms with van der Waals surface area (Å²) in [5.74, 6) is -1.62. The molecule has 3 N–H and O–H groups in total. The van der Waals surface area contributed by atoms with E-state index in [1.54, 1.807) is 6.92 Å². The molecule has 0 aromatic heterocycles. The Hall–Kier alpha value is -1.21. The van der Waals surface area contributed by atoms with E-state index in [1.165, 1.54) is 0 Å². The van der Waals surface area contributed by atoms with Crippen LogP contribution in [0.15, 0.2) is 16.6 Å². The molecule has 0 spiro atoms. The summed E-state index contributed by atoms with van der Waals surface area (Å²) < 4.78 is 26.4. The molecule has 0 bridgehead atoms. The van der Waals surface area contributed by atoms with Crippen molar-refractivity contribution in [3.63, 3.8) is 0 Å². The number of urea groups is 1. The monoisotopic (exact) mass is 322 g/mol. The predicted octanol–water partition coefficient (Wildman–Crippen LogP) is 2.62. The minimum atomic E-state index is -0.872. The van der Waals surface area contributed by atoms with Crippen LogP contribution in [-0.4, -0.2) is 23.8 Å². The average molecular weight is 323 g/mol. The summed E-state index contributed by atoms with van der Waals surface area (Å²) in [6.45, 7) is 1.58. The molecule has 1 atom stereocenters. The lowest BCUT2D eigenvalue weighted by Crippen LogP contribution is -2.39. The van der Waals surface area contributed by atoms with Gasteiger partial charge in [0, 0.05) is 6.07 Å². The highest BCUT2D eigenvalue weighted by Crippen LogP contribution is 2.23. The van der Waals surface area contributed by atoms with E-state index in [0.717, 1.165) is 6.07 Å². The molecule has 0 aliphatic heterocycles. The first-order valence-electron chi connectivity index (χ1n) is 5.30. The normalized spacial score (nSPS) is 12.1. The van der Waals surface area contributed by atoms with Gasteiger partial charge in [-0.1, -0.05) is 6.92 Å². The number of anilines is 1. The van der Waals surface area contributed by atoms with Gasteiger partial charge in [-0.2, -0.15) is 0 Å². The summed E-state index contributed by atoms with van der Waals surface area (Å²) in [7, 11) is 0. The third kappa shape index (κ3) is 3.92. The highest BCUT2D eigenvalue weighted by atomic mass is 79.9. The van der Waals surface area contributed by atoms with Gasteiger partial charge in [-0.15, -0.1) is 0 Å². The summed E-state index contributed by atoms with van der Waals surface area (Å²) in [4.78, 5) is 11.5. The van der Waals surface area contributed by atoms with E-state index in [1.807, 2.05) is 0 Å². The molecule has 0 radical (unpaired) electrons. The molecule has 0 saturated heterocycles. The fourth-order valence-electron chi connectivity index (χ4n) is 1.24. The zero-order valence-electron chi connectivity index (χ0n) is 9.64. The lowest BCUT2D eigenvalue weighted by atomic mass is 10.2. The maximum Gasteiger partial charge on any atom is 0.319 e. The molecule has 0 aliphatic carbocycles. The third-order valence-corrected chi connectivity index (χ3v) is 2.91. The number of aliphatic hydroxyl groups excluding tert-OH is 1. The molecule has 100 valence electrons. The van der Waals surface area contributed by atoms with E-state index in [-0.39, 0.29) is 16.8 Å². The Kier molecular flexibility index (Phi) is 5.49. The largest absolute Gasteiger partial charge is 0.394 e. The van der Waals surface area contributed by atoms with Crippen LogP contribution in [0.5, 0.6) is 0 Å². The van der Waals surface area contributed by atoms with Gasteiger partial charge in [-0.25, -0.2) is 13.6 Å². The van der Waals surface area contributed by atoms with Crippen LogP contribution < -0.4 is 10.6 Å². The van der Waals surface area contributed by atoms with Gasteiger partial charge in [0.25, 0.3) is 0 Å².